The van der Waals surface area contributed by atoms with E-state index in [9.17, 15) is 0 Å². The minimum atomic E-state index is 0.671. The average molecular weight is 284 g/mol. The Morgan fingerprint density at radius 1 is 1.28 bits per heavy atom. The third kappa shape index (κ3) is 2.26. The lowest BCUT2D eigenvalue weighted by Crippen LogP contribution is -2.11. The fraction of sp³-hybridized carbons (Fsp3) is 0.308. The molecule has 0 saturated carbocycles. The zero-order chi connectivity index (χ0) is 13.3. The number of nitrogens with zero attached hydrogens (tertiary/aromatic N) is 2. The third-order valence-corrected chi connectivity index (χ3v) is 3.70. The molecule has 0 saturated heterocycles. The predicted molar refractivity (Wildman–Crippen MR) is 75.8 cm³/mol. The summed E-state index contributed by atoms with van der Waals surface area (Å²) in [4.78, 5) is 0. The molecule has 1 heterocycles. The van der Waals surface area contributed by atoms with E-state index in [2.05, 4.69) is 10.4 Å². The van der Waals surface area contributed by atoms with Gasteiger partial charge in [-0.25, -0.2) is 4.68 Å². The Bertz CT molecular complexity index is 576. The first-order valence-corrected chi connectivity index (χ1v) is 6.46. The molecule has 0 amide bonds. The van der Waals surface area contributed by atoms with Crippen LogP contribution in [0.4, 0.5) is 0 Å². The first-order chi connectivity index (χ1) is 8.56. The quantitative estimate of drug-likeness (QED) is 0.934. The molecule has 0 aliphatic heterocycles. The zero-order valence-electron chi connectivity index (χ0n) is 10.6. The van der Waals surface area contributed by atoms with Gasteiger partial charge in [0, 0.05) is 6.54 Å². The van der Waals surface area contributed by atoms with Gasteiger partial charge in [0.05, 0.1) is 27.1 Å². The maximum Gasteiger partial charge on any atom is 0.0880 e. The molecule has 1 aromatic carbocycles. The molecule has 0 aliphatic rings. The largest absolute Gasteiger partial charge is 0.316 e. The Kier molecular flexibility index (Phi) is 3.95. The smallest absolute Gasteiger partial charge is 0.0880 e. The van der Waals surface area contributed by atoms with Crippen molar-refractivity contribution in [2.24, 2.45) is 0 Å². The molecule has 2 aromatic rings. The van der Waals surface area contributed by atoms with E-state index in [1.807, 2.05) is 43.8 Å². The van der Waals surface area contributed by atoms with Crippen LogP contribution in [0.15, 0.2) is 18.2 Å². The first kappa shape index (κ1) is 13.4. The second-order valence-corrected chi connectivity index (χ2v) is 4.96. The number of hydrogen-bond donors (Lipinski definition) is 1. The van der Waals surface area contributed by atoms with E-state index in [0.29, 0.717) is 10.0 Å². The highest BCUT2D eigenvalue weighted by molar-refractivity contribution is 6.33. The van der Waals surface area contributed by atoms with Gasteiger partial charge in [-0.05, 0) is 32.5 Å². The van der Waals surface area contributed by atoms with Crippen molar-refractivity contribution in [2.45, 2.75) is 20.4 Å². The number of halogens is 2. The van der Waals surface area contributed by atoms with Crippen LogP contribution in [0.2, 0.25) is 10.0 Å². The summed E-state index contributed by atoms with van der Waals surface area (Å²) in [5, 5.41) is 8.94. The van der Waals surface area contributed by atoms with E-state index in [-0.39, 0.29) is 0 Å². The SMILES string of the molecule is CNCc1cccc(Cl)c1-n1nc(C)c(Cl)c1C. The topological polar surface area (TPSA) is 29.9 Å². The fourth-order valence-electron chi connectivity index (χ4n) is 1.97. The average Bonchev–Trinajstić information content (AvgIpc) is 2.58. The van der Waals surface area contributed by atoms with E-state index in [1.54, 1.807) is 0 Å². The monoisotopic (exact) mass is 283 g/mol. The lowest BCUT2D eigenvalue weighted by atomic mass is 10.1. The molecule has 0 fully saturated rings. The standard InChI is InChI=1S/C13H15Cl2N3/c1-8-12(15)9(2)18(17-8)13-10(7-16-3)5-4-6-11(13)14/h4-6,16H,7H2,1-3H3. The maximum absolute atomic E-state index is 6.30. The van der Waals surface area contributed by atoms with E-state index in [4.69, 9.17) is 23.2 Å². The van der Waals surface area contributed by atoms with Crippen LogP contribution in [-0.2, 0) is 6.54 Å². The lowest BCUT2D eigenvalue weighted by molar-refractivity contribution is 0.775. The van der Waals surface area contributed by atoms with Gasteiger partial charge in [-0.1, -0.05) is 35.3 Å². The van der Waals surface area contributed by atoms with Crippen molar-refractivity contribution >= 4 is 23.2 Å². The summed E-state index contributed by atoms with van der Waals surface area (Å²) < 4.78 is 1.81. The van der Waals surface area contributed by atoms with Gasteiger partial charge in [0.1, 0.15) is 0 Å². The zero-order valence-corrected chi connectivity index (χ0v) is 12.1. The summed E-state index contributed by atoms with van der Waals surface area (Å²) in [7, 11) is 1.90. The highest BCUT2D eigenvalue weighted by atomic mass is 35.5. The molecule has 3 nitrogen and oxygen atoms in total. The molecule has 18 heavy (non-hydrogen) atoms. The molecule has 96 valence electrons. The van der Waals surface area contributed by atoms with Crippen LogP contribution >= 0.6 is 23.2 Å². The molecule has 1 N–H and O–H groups in total. The summed E-state index contributed by atoms with van der Waals surface area (Å²) in [5.74, 6) is 0. The highest BCUT2D eigenvalue weighted by Gasteiger charge is 2.15. The molecule has 0 atom stereocenters. The minimum Gasteiger partial charge on any atom is -0.316 e. The van der Waals surface area contributed by atoms with Gasteiger partial charge >= 0.3 is 0 Å². The first-order valence-electron chi connectivity index (χ1n) is 5.70. The van der Waals surface area contributed by atoms with Crippen LogP contribution in [0.5, 0.6) is 0 Å². The van der Waals surface area contributed by atoms with Crippen LogP contribution in [0.25, 0.3) is 5.69 Å². The fourth-order valence-corrected chi connectivity index (χ4v) is 2.36. The van der Waals surface area contributed by atoms with Gasteiger partial charge < -0.3 is 5.32 Å². The van der Waals surface area contributed by atoms with Gasteiger partial charge in [0.25, 0.3) is 0 Å². The van der Waals surface area contributed by atoms with E-state index >= 15 is 0 Å². The second kappa shape index (κ2) is 5.31. The Morgan fingerprint density at radius 3 is 2.56 bits per heavy atom. The normalized spacial score (nSPS) is 10.9. The summed E-state index contributed by atoms with van der Waals surface area (Å²) in [5.41, 5.74) is 3.69. The van der Waals surface area contributed by atoms with Gasteiger partial charge in [0.15, 0.2) is 0 Å². The van der Waals surface area contributed by atoms with Crippen LogP contribution in [0.1, 0.15) is 17.0 Å². The number of hydrogen-bond acceptors (Lipinski definition) is 2. The van der Waals surface area contributed by atoms with E-state index < -0.39 is 0 Å². The van der Waals surface area contributed by atoms with Crippen molar-refractivity contribution in [1.29, 1.82) is 0 Å². The summed E-state index contributed by atoms with van der Waals surface area (Å²) in [6.07, 6.45) is 0. The number of benzene rings is 1. The lowest BCUT2D eigenvalue weighted by Gasteiger charge is -2.12. The highest BCUT2D eigenvalue weighted by Crippen LogP contribution is 2.29. The van der Waals surface area contributed by atoms with Crippen LogP contribution in [0, 0.1) is 13.8 Å². The molecule has 2 rings (SSSR count). The Labute approximate surface area is 117 Å². The molecule has 0 spiro atoms. The van der Waals surface area contributed by atoms with Gasteiger partial charge in [-0.3, -0.25) is 0 Å². The van der Waals surface area contributed by atoms with Gasteiger partial charge in [0.2, 0.25) is 0 Å². The molecule has 1 aromatic heterocycles. The Hall–Kier alpha value is -1.03. The van der Waals surface area contributed by atoms with Crippen molar-refractivity contribution < 1.29 is 0 Å². The number of rotatable bonds is 3. The summed E-state index contributed by atoms with van der Waals surface area (Å²) in [6, 6.07) is 5.83. The van der Waals surface area contributed by atoms with Gasteiger partial charge in [-0.15, -0.1) is 0 Å². The Balaban J connectivity index is 2.65. The summed E-state index contributed by atoms with van der Waals surface area (Å²) in [6.45, 7) is 4.56. The molecular weight excluding hydrogens is 269 g/mol. The minimum absolute atomic E-state index is 0.671. The van der Waals surface area contributed by atoms with Gasteiger partial charge in [-0.2, -0.15) is 5.10 Å². The Morgan fingerprint density at radius 2 is 2.00 bits per heavy atom. The van der Waals surface area contributed by atoms with E-state index in [0.717, 1.165) is 29.2 Å². The maximum atomic E-state index is 6.30. The van der Waals surface area contributed by atoms with Crippen LogP contribution < -0.4 is 5.32 Å². The number of para-hydroxylation sites is 1. The van der Waals surface area contributed by atoms with E-state index in [1.165, 1.54) is 0 Å². The van der Waals surface area contributed by atoms with Crippen molar-refractivity contribution in [1.82, 2.24) is 15.1 Å². The predicted octanol–water partition coefficient (Wildman–Crippen LogP) is 3.52. The van der Waals surface area contributed by atoms with Crippen molar-refractivity contribution in [2.75, 3.05) is 7.05 Å². The molecule has 0 unspecified atom stereocenters. The van der Waals surface area contributed by atoms with Crippen LogP contribution in [-0.4, -0.2) is 16.8 Å². The molecule has 0 bridgehead atoms. The number of aromatic nitrogens is 2. The number of aryl methyl sites for hydroxylation is 1. The van der Waals surface area contributed by atoms with Crippen molar-refractivity contribution in [3.63, 3.8) is 0 Å². The molecule has 0 aliphatic carbocycles. The van der Waals surface area contributed by atoms with Crippen LogP contribution in [0.3, 0.4) is 0 Å². The van der Waals surface area contributed by atoms with Crippen molar-refractivity contribution in [3.05, 3.63) is 45.2 Å². The number of nitrogens with one attached hydrogen (secondary N) is 1. The molecule has 0 radical (unpaired) electrons. The van der Waals surface area contributed by atoms with Crippen molar-refractivity contribution in [3.8, 4) is 5.69 Å². The molecular formula is C13H15Cl2N3. The second-order valence-electron chi connectivity index (χ2n) is 4.17. The molecule has 5 heteroatoms. The third-order valence-electron chi connectivity index (χ3n) is 2.85. The summed E-state index contributed by atoms with van der Waals surface area (Å²) >= 11 is 12.5.